The van der Waals surface area contributed by atoms with Crippen LogP contribution in [0.1, 0.15) is 27.4 Å². The van der Waals surface area contributed by atoms with Gasteiger partial charge in [-0.15, -0.1) is 0 Å². The molecule has 2 aromatic heterocycles. The Bertz CT molecular complexity index is 875. The predicted octanol–water partition coefficient (Wildman–Crippen LogP) is 3.40. The maximum Gasteiger partial charge on any atom is 0.257 e. The zero-order chi connectivity index (χ0) is 18.7. The minimum absolute atomic E-state index is 0.175. The van der Waals surface area contributed by atoms with E-state index in [0.29, 0.717) is 5.56 Å². The molecule has 0 atom stereocenters. The second-order valence-electron chi connectivity index (χ2n) is 6.60. The van der Waals surface area contributed by atoms with E-state index in [0.717, 1.165) is 40.7 Å². The molecule has 0 unspecified atom stereocenters. The van der Waals surface area contributed by atoms with E-state index in [1.54, 1.807) is 12.3 Å². The third kappa shape index (κ3) is 4.15. The lowest BCUT2D eigenvalue weighted by Crippen LogP contribution is -2.14. The second-order valence-corrected chi connectivity index (χ2v) is 6.60. The number of carbonyl (C=O) groups excluding carboxylic acids is 1. The first-order chi connectivity index (χ1) is 12.4. The largest absolute Gasteiger partial charge is 0.342 e. The smallest absolute Gasteiger partial charge is 0.257 e. The van der Waals surface area contributed by atoms with E-state index in [4.69, 9.17) is 0 Å². The Morgan fingerprint density at radius 1 is 1.12 bits per heavy atom. The van der Waals surface area contributed by atoms with Crippen LogP contribution in [0.5, 0.6) is 0 Å². The van der Waals surface area contributed by atoms with Crippen molar-refractivity contribution in [1.29, 1.82) is 0 Å². The molecule has 0 bridgehead atoms. The molecule has 6 heteroatoms. The Hall–Kier alpha value is -2.99. The van der Waals surface area contributed by atoms with Crippen molar-refractivity contribution in [3.8, 4) is 11.4 Å². The Morgan fingerprint density at radius 3 is 2.38 bits per heavy atom. The number of rotatable bonds is 5. The molecular formula is C20H23N5O. The maximum atomic E-state index is 12.4. The van der Waals surface area contributed by atoms with Gasteiger partial charge in [0.05, 0.1) is 17.0 Å². The lowest BCUT2D eigenvalue weighted by Gasteiger charge is -2.09. The van der Waals surface area contributed by atoms with Crippen molar-refractivity contribution in [1.82, 2.24) is 19.9 Å². The summed E-state index contributed by atoms with van der Waals surface area (Å²) in [5.74, 6) is 0.657. The molecule has 3 aromatic rings. The van der Waals surface area contributed by atoms with Gasteiger partial charge in [-0.1, -0.05) is 0 Å². The normalized spacial score (nSPS) is 11.0. The highest BCUT2D eigenvalue weighted by Crippen LogP contribution is 2.20. The lowest BCUT2D eigenvalue weighted by molar-refractivity contribution is 0.102. The van der Waals surface area contributed by atoms with Gasteiger partial charge in [-0.25, -0.2) is 4.98 Å². The van der Waals surface area contributed by atoms with Crippen LogP contribution in [-0.4, -0.2) is 39.9 Å². The van der Waals surface area contributed by atoms with Gasteiger partial charge in [0, 0.05) is 29.7 Å². The Balaban J connectivity index is 1.67. The number of benzene rings is 1. The number of hydrogen-bond acceptors (Lipinski definition) is 4. The van der Waals surface area contributed by atoms with Crippen molar-refractivity contribution in [3.05, 3.63) is 65.2 Å². The standard InChI is InChI=1S/C20H23N5O/c1-13-14(2)23-19(22-13)15-5-8-17(9-6-15)24-20(26)16-7-10-18(21-11-16)12-25(3)4/h5-11H,12H2,1-4H3,(H,22,23)(H,24,26). The Morgan fingerprint density at radius 2 is 1.85 bits per heavy atom. The monoisotopic (exact) mass is 349 g/mol. The summed E-state index contributed by atoms with van der Waals surface area (Å²) in [6, 6.07) is 11.3. The maximum absolute atomic E-state index is 12.4. The van der Waals surface area contributed by atoms with Gasteiger partial charge in [-0.05, 0) is 64.3 Å². The van der Waals surface area contributed by atoms with Crippen LogP contribution < -0.4 is 5.32 Å². The van der Waals surface area contributed by atoms with Crippen LogP contribution in [0.2, 0.25) is 0 Å². The van der Waals surface area contributed by atoms with Crippen molar-refractivity contribution < 1.29 is 4.79 Å². The number of aryl methyl sites for hydroxylation is 2. The number of pyridine rings is 1. The van der Waals surface area contributed by atoms with Crippen LogP contribution in [0.4, 0.5) is 5.69 Å². The first-order valence-electron chi connectivity index (χ1n) is 8.47. The van der Waals surface area contributed by atoms with E-state index >= 15 is 0 Å². The van der Waals surface area contributed by atoms with Gasteiger partial charge >= 0.3 is 0 Å². The highest BCUT2D eigenvalue weighted by molar-refractivity contribution is 6.04. The molecule has 2 N–H and O–H groups in total. The van der Waals surface area contributed by atoms with Crippen LogP contribution in [0.25, 0.3) is 11.4 Å². The molecule has 0 aliphatic rings. The number of aromatic nitrogens is 3. The third-order valence-electron chi connectivity index (χ3n) is 4.11. The summed E-state index contributed by atoms with van der Waals surface area (Å²) in [6.45, 7) is 4.72. The molecule has 0 saturated heterocycles. The highest BCUT2D eigenvalue weighted by atomic mass is 16.1. The lowest BCUT2D eigenvalue weighted by atomic mass is 10.2. The molecule has 134 valence electrons. The van der Waals surface area contributed by atoms with Crippen LogP contribution in [0, 0.1) is 13.8 Å². The third-order valence-corrected chi connectivity index (χ3v) is 4.11. The molecule has 0 radical (unpaired) electrons. The molecule has 1 amide bonds. The van der Waals surface area contributed by atoms with Gasteiger partial charge in [-0.2, -0.15) is 0 Å². The average Bonchev–Trinajstić information content (AvgIpc) is 2.94. The van der Waals surface area contributed by atoms with E-state index in [1.807, 2.05) is 63.2 Å². The van der Waals surface area contributed by atoms with E-state index in [9.17, 15) is 4.79 Å². The number of amides is 1. The van der Waals surface area contributed by atoms with Crippen molar-refractivity contribution >= 4 is 11.6 Å². The molecule has 0 saturated carbocycles. The van der Waals surface area contributed by atoms with Gasteiger partial charge in [-0.3, -0.25) is 9.78 Å². The zero-order valence-corrected chi connectivity index (χ0v) is 15.5. The Labute approximate surface area is 153 Å². The van der Waals surface area contributed by atoms with Gasteiger partial charge in [0.1, 0.15) is 5.82 Å². The molecule has 2 heterocycles. The molecular weight excluding hydrogens is 326 g/mol. The van der Waals surface area contributed by atoms with E-state index in [2.05, 4.69) is 20.3 Å². The summed E-state index contributed by atoms with van der Waals surface area (Å²) in [7, 11) is 3.97. The van der Waals surface area contributed by atoms with Crippen LogP contribution in [0.3, 0.4) is 0 Å². The van der Waals surface area contributed by atoms with Crippen molar-refractivity contribution in [2.45, 2.75) is 20.4 Å². The van der Waals surface area contributed by atoms with Gasteiger partial charge in [0.15, 0.2) is 0 Å². The number of aromatic amines is 1. The summed E-state index contributed by atoms with van der Waals surface area (Å²) >= 11 is 0. The molecule has 6 nitrogen and oxygen atoms in total. The topological polar surface area (TPSA) is 73.9 Å². The highest BCUT2D eigenvalue weighted by Gasteiger charge is 2.09. The van der Waals surface area contributed by atoms with Crippen LogP contribution in [0.15, 0.2) is 42.6 Å². The van der Waals surface area contributed by atoms with Crippen molar-refractivity contribution in [2.75, 3.05) is 19.4 Å². The van der Waals surface area contributed by atoms with Crippen LogP contribution in [-0.2, 0) is 6.54 Å². The van der Waals surface area contributed by atoms with E-state index in [1.165, 1.54) is 0 Å². The summed E-state index contributed by atoms with van der Waals surface area (Å²) in [4.78, 5) is 26.5. The zero-order valence-electron chi connectivity index (χ0n) is 15.5. The summed E-state index contributed by atoms with van der Waals surface area (Å²) in [5, 5.41) is 2.89. The number of H-pyrrole nitrogens is 1. The molecule has 0 fully saturated rings. The SMILES string of the molecule is Cc1nc(-c2ccc(NC(=O)c3ccc(CN(C)C)nc3)cc2)[nH]c1C. The van der Waals surface area contributed by atoms with E-state index in [-0.39, 0.29) is 5.91 Å². The summed E-state index contributed by atoms with van der Waals surface area (Å²) in [6.07, 6.45) is 1.61. The summed E-state index contributed by atoms with van der Waals surface area (Å²) < 4.78 is 0. The van der Waals surface area contributed by atoms with Gasteiger partial charge in [0.2, 0.25) is 0 Å². The molecule has 26 heavy (non-hydrogen) atoms. The minimum Gasteiger partial charge on any atom is -0.342 e. The number of nitrogens with zero attached hydrogens (tertiary/aromatic N) is 3. The van der Waals surface area contributed by atoms with Crippen molar-refractivity contribution in [2.24, 2.45) is 0 Å². The molecule has 0 spiro atoms. The van der Waals surface area contributed by atoms with Crippen molar-refractivity contribution in [3.63, 3.8) is 0 Å². The first kappa shape index (κ1) is 17.8. The fourth-order valence-corrected chi connectivity index (χ4v) is 2.58. The number of imidazole rings is 1. The average molecular weight is 349 g/mol. The Kier molecular flexibility index (Phi) is 5.14. The quantitative estimate of drug-likeness (QED) is 0.740. The van der Waals surface area contributed by atoms with E-state index < -0.39 is 0 Å². The van der Waals surface area contributed by atoms with Gasteiger partial charge < -0.3 is 15.2 Å². The van der Waals surface area contributed by atoms with Crippen LogP contribution >= 0.6 is 0 Å². The minimum atomic E-state index is -0.175. The molecule has 0 aliphatic heterocycles. The second kappa shape index (κ2) is 7.49. The fraction of sp³-hybridized carbons (Fsp3) is 0.250. The molecule has 0 aliphatic carbocycles. The first-order valence-corrected chi connectivity index (χ1v) is 8.47. The fourth-order valence-electron chi connectivity index (χ4n) is 2.58. The number of carbonyl (C=O) groups is 1. The molecule has 1 aromatic carbocycles. The van der Waals surface area contributed by atoms with Gasteiger partial charge in [0.25, 0.3) is 5.91 Å². The summed E-state index contributed by atoms with van der Waals surface area (Å²) in [5.41, 5.74) is 5.23. The number of anilines is 1. The molecule has 3 rings (SSSR count). The number of nitrogens with one attached hydrogen (secondary N) is 2. The predicted molar refractivity (Wildman–Crippen MR) is 103 cm³/mol. The number of hydrogen-bond donors (Lipinski definition) is 2.